The molecule has 4 nitrogen and oxygen atoms in total. The molecule has 1 aromatic rings. The van der Waals surface area contributed by atoms with Gasteiger partial charge in [-0.2, -0.15) is 0 Å². The van der Waals surface area contributed by atoms with Crippen LogP contribution < -0.4 is 11.1 Å². The summed E-state index contributed by atoms with van der Waals surface area (Å²) < 4.78 is 0. The average molecular weight is 222 g/mol. The Morgan fingerprint density at radius 1 is 1.31 bits per heavy atom. The van der Waals surface area contributed by atoms with Crippen LogP contribution in [0.15, 0.2) is 30.3 Å². The molecule has 1 unspecified atom stereocenters. The van der Waals surface area contributed by atoms with Gasteiger partial charge in [0, 0.05) is 0 Å². The van der Waals surface area contributed by atoms with Gasteiger partial charge in [0.2, 0.25) is 0 Å². The van der Waals surface area contributed by atoms with Crippen molar-refractivity contribution >= 4 is 5.97 Å². The molecular weight excluding hydrogens is 204 g/mol. The summed E-state index contributed by atoms with van der Waals surface area (Å²) in [6.45, 7) is 1.48. The highest BCUT2D eigenvalue weighted by molar-refractivity contribution is 5.72. The fourth-order valence-corrected chi connectivity index (χ4v) is 1.38. The van der Waals surface area contributed by atoms with Gasteiger partial charge >= 0.3 is 5.97 Å². The van der Waals surface area contributed by atoms with Crippen molar-refractivity contribution in [1.29, 1.82) is 0 Å². The molecule has 0 aliphatic carbocycles. The normalized spacial score (nSPS) is 12.3. The molecular formula is C12H18N2O2. The van der Waals surface area contributed by atoms with Crippen molar-refractivity contribution in [3.8, 4) is 0 Å². The number of aliphatic carboxylic acids is 1. The zero-order chi connectivity index (χ0) is 11.8. The summed E-state index contributed by atoms with van der Waals surface area (Å²) in [6, 6.07) is 9.40. The van der Waals surface area contributed by atoms with Gasteiger partial charge in [0.1, 0.15) is 6.04 Å². The third kappa shape index (κ3) is 4.91. The van der Waals surface area contributed by atoms with Gasteiger partial charge in [-0.1, -0.05) is 30.3 Å². The molecule has 0 aliphatic heterocycles. The van der Waals surface area contributed by atoms with Gasteiger partial charge in [0.05, 0.1) is 0 Å². The van der Waals surface area contributed by atoms with Crippen molar-refractivity contribution in [3.63, 3.8) is 0 Å². The first-order chi connectivity index (χ1) is 7.70. The molecule has 16 heavy (non-hydrogen) atoms. The van der Waals surface area contributed by atoms with E-state index in [-0.39, 0.29) is 0 Å². The van der Waals surface area contributed by atoms with Gasteiger partial charge in [-0.15, -0.1) is 0 Å². The standard InChI is InChI=1S/C12H18N2O2/c13-11(12(15)16)7-9-14-8-6-10-4-2-1-3-5-10/h1-5,11,14H,6-9,13H2,(H,15,16). The predicted octanol–water partition coefficient (Wildman–Crippen LogP) is 0.621. The maximum Gasteiger partial charge on any atom is 0.320 e. The van der Waals surface area contributed by atoms with E-state index in [0.717, 1.165) is 13.0 Å². The van der Waals surface area contributed by atoms with Crippen molar-refractivity contribution in [3.05, 3.63) is 35.9 Å². The fourth-order valence-electron chi connectivity index (χ4n) is 1.38. The van der Waals surface area contributed by atoms with Crippen LogP contribution in [0.25, 0.3) is 0 Å². The van der Waals surface area contributed by atoms with E-state index in [1.54, 1.807) is 0 Å². The van der Waals surface area contributed by atoms with Crippen LogP contribution in [0.5, 0.6) is 0 Å². The van der Waals surface area contributed by atoms with E-state index in [4.69, 9.17) is 10.8 Å². The number of carboxylic acid groups (broad SMARTS) is 1. The van der Waals surface area contributed by atoms with Crippen LogP contribution >= 0.6 is 0 Å². The van der Waals surface area contributed by atoms with Crippen LogP contribution in [0.2, 0.25) is 0 Å². The lowest BCUT2D eigenvalue weighted by Crippen LogP contribution is -2.34. The largest absolute Gasteiger partial charge is 0.480 e. The number of carboxylic acids is 1. The molecule has 4 N–H and O–H groups in total. The first kappa shape index (κ1) is 12.7. The molecule has 4 heteroatoms. The molecule has 0 spiro atoms. The van der Waals surface area contributed by atoms with E-state index in [9.17, 15) is 4.79 Å². The molecule has 1 atom stereocenters. The van der Waals surface area contributed by atoms with E-state index in [1.165, 1.54) is 5.56 Å². The maximum absolute atomic E-state index is 10.4. The molecule has 0 amide bonds. The highest BCUT2D eigenvalue weighted by Gasteiger charge is 2.09. The highest BCUT2D eigenvalue weighted by Crippen LogP contribution is 1.98. The molecule has 0 fully saturated rings. The Morgan fingerprint density at radius 3 is 2.62 bits per heavy atom. The highest BCUT2D eigenvalue weighted by atomic mass is 16.4. The van der Waals surface area contributed by atoms with E-state index in [2.05, 4.69) is 17.4 Å². The Balaban J connectivity index is 2.07. The fraction of sp³-hybridized carbons (Fsp3) is 0.417. The SMILES string of the molecule is NC(CCNCCc1ccccc1)C(=O)O. The smallest absolute Gasteiger partial charge is 0.320 e. The number of hydrogen-bond donors (Lipinski definition) is 3. The zero-order valence-corrected chi connectivity index (χ0v) is 9.23. The van der Waals surface area contributed by atoms with Gasteiger partial charge in [-0.25, -0.2) is 0 Å². The summed E-state index contributed by atoms with van der Waals surface area (Å²) >= 11 is 0. The molecule has 0 aromatic heterocycles. The van der Waals surface area contributed by atoms with Crippen LogP contribution in [0.4, 0.5) is 0 Å². The molecule has 0 aliphatic rings. The molecule has 0 bridgehead atoms. The van der Waals surface area contributed by atoms with E-state index in [1.807, 2.05) is 18.2 Å². The predicted molar refractivity (Wildman–Crippen MR) is 63.2 cm³/mol. The lowest BCUT2D eigenvalue weighted by atomic mass is 10.1. The summed E-state index contributed by atoms with van der Waals surface area (Å²) in [6.07, 6.45) is 1.41. The quantitative estimate of drug-likeness (QED) is 0.591. The topological polar surface area (TPSA) is 75.3 Å². The number of nitrogens with two attached hydrogens (primary N) is 1. The van der Waals surface area contributed by atoms with Gasteiger partial charge in [0.25, 0.3) is 0 Å². The number of hydrogen-bond acceptors (Lipinski definition) is 3. The maximum atomic E-state index is 10.4. The van der Waals surface area contributed by atoms with Gasteiger partial charge in [-0.3, -0.25) is 4.79 Å². The minimum absolute atomic E-state index is 0.462. The molecule has 1 aromatic carbocycles. The minimum atomic E-state index is -0.940. The molecule has 0 heterocycles. The Kier molecular flexibility index (Phi) is 5.53. The summed E-state index contributed by atoms with van der Waals surface area (Å²) in [5, 5.41) is 11.7. The summed E-state index contributed by atoms with van der Waals surface area (Å²) in [4.78, 5) is 10.4. The number of nitrogens with one attached hydrogen (secondary N) is 1. The summed E-state index contributed by atoms with van der Waals surface area (Å²) in [7, 11) is 0. The minimum Gasteiger partial charge on any atom is -0.480 e. The zero-order valence-electron chi connectivity index (χ0n) is 9.23. The van der Waals surface area contributed by atoms with Crippen LogP contribution in [0.3, 0.4) is 0 Å². The summed E-state index contributed by atoms with van der Waals surface area (Å²) in [5.41, 5.74) is 6.65. The van der Waals surface area contributed by atoms with E-state index < -0.39 is 12.0 Å². The number of carbonyl (C=O) groups is 1. The van der Waals surface area contributed by atoms with Crippen molar-refractivity contribution < 1.29 is 9.90 Å². The molecule has 0 radical (unpaired) electrons. The number of rotatable bonds is 7. The molecule has 1 rings (SSSR count). The Morgan fingerprint density at radius 2 is 2.00 bits per heavy atom. The van der Waals surface area contributed by atoms with Gasteiger partial charge in [0.15, 0.2) is 0 Å². The molecule has 88 valence electrons. The van der Waals surface area contributed by atoms with Crippen LogP contribution in [0, 0.1) is 0 Å². The van der Waals surface area contributed by atoms with Crippen LogP contribution in [-0.4, -0.2) is 30.2 Å². The monoisotopic (exact) mass is 222 g/mol. The average Bonchev–Trinajstić information content (AvgIpc) is 2.29. The Hall–Kier alpha value is -1.39. The van der Waals surface area contributed by atoms with Gasteiger partial charge in [-0.05, 0) is 31.5 Å². The first-order valence-electron chi connectivity index (χ1n) is 5.43. The molecule has 0 saturated heterocycles. The van der Waals surface area contributed by atoms with E-state index >= 15 is 0 Å². The van der Waals surface area contributed by atoms with Crippen molar-refractivity contribution in [2.75, 3.05) is 13.1 Å². The van der Waals surface area contributed by atoms with Crippen LogP contribution in [-0.2, 0) is 11.2 Å². The number of benzene rings is 1. The lowest BCUT2D eigenvalue weighted by molar-refractivity contribution is -0.138. The second-order valence-corrected chi connectivity index (χ2v) is 3.72. The van der Waals surface area contributed by atoms with E-state index in [0.29, 0.717) is 13.0 Å². The second kappa shape index (κ2) is 6.98. The van der Waals surface area contributed by atoms with Crippen molar-refractivity contribution in [1.82, 2.24) is 5.32 Å². The Bertz CT molecular complexity index is 314. The first-order valence-corrected chi connectivity index (χ1v) is 5.43. The van der Waals surface area contributed by atoms with Crippen LogP contribution in [0.1, 0.15) is 12.0 Å². The van der Waals surface area contributed by atoms with Crippen molar-refractivity contribution in [2.24, 2.45) is 5.73 Å². The lowest BCUT2D eigenvalue weighted by Gasteiger charge is -2.07. The Labute approximate surface area is 95.5 Å². The second-order valence-electron chi connectivity index (χ2n) is 3.72. The van der Waals surface area contributed by atoms with Crippen molar-refractivity contribution in [2.45, 2.75) is 18.9 Å². The summed E-state index contributed by atoms with van der Waals surface area (Å²) in [5.74, 6) is -0.940. The van der Waals surface area contributed by atoms with Gasteiger partial charge < -0.3 is 16.2 Å². The molecule has 0 saturated carbocycles. The third-order valence-electron chi connectivity index (χ3n) is 2.38. The third-order valence-corrected chi connectivity index (χ3v) is 2.38.